The molecule has 0 spiro atoms. The lowest BCUT2D eigenvalue weighted by Crippen LogP contribution is -2.18. The molecule has 2 heterocycles. The lowest BCUT2D eigenvalue weighted by atomic mass is 9.74. The first-order valence-electron chi connectivity index (χ1n) is 10.7. The number of rotatable bonds is 6. The third-order valence-corrected chi connectivity index (χ3v) is 9.08. The smallest absolute Gasteiger partial charge is 0.0991 e. The molecule has 1 atom stereocenters. The number of hydrogen-bond acceptors (Lipinski definition) is 3. The Balaban J connectivity index is 1.43. The van der Waals surface area contributed by atoms with Crippen LogP contribution in [-0.2, 0) is 0 Å². The Kier molecular flexibility index (Phi) is 6.19. The zero-order chi connectivity index (χ0) is 19.5. The summed E-state index contributed by atoms with van der Waals surface area (Å²) in [7, 11) is 0. The number of nitriles is 1. The van der Waals surface area contributed by atoms with Crippen molar-refractivity contribution in [1.29, 1.82) is 5.26 Å². The van der Waals surface area contributed by atoms with Crippen molar-refractivity contribution in [3.05, 3.63) is 46.8 Å². The summed E-state index contributed by atoms with van der Waals surface area (Å²) in [5.41, 5.74) is 1.94. The summed E-state index contributed by atoms with van der Waals surface area (Å²) in [4.78, 5) is 2.88. The molecule has 1 aliphatic carbocycles. The Hall–Kier alpha value is -1.63. The van der Waals surface area contributed by atoms with E-state index in [-0.39, 0.29) is 0 Å². The quantitative estimate of drug-likeness (QED) is 0.401. The molecule has 146 valence electrons. The van der Waals surface area contributed by atoms with Crippen LogP contribution in [0.2, 0.25) is 0 Å². The van der Waals surface area contributed by atoms with Crippen LogP contribution in [0.1, 0.15) is 75.2 Å². The maximum Gasteiger partial charge on any atom is 0.0991 e. The van der Waals surface area contributed by atoms with E-state index in [0.717, 1.165) is 17.4 Å². The zero-order valence-corrected chi connectivity index (χ0v) is 18.5. The maximum atomic E-state index is 8.98. The molecule has 1 aliphatic rings. The molecule has 0 saturated heterocycles. The van der Waals surface area contributed by atoms with E-state index >= 15 is 0 Å². The van der Waals surface area contributed by atoms with Gasteiger partial charge in [0.1, 0.15) is 0 Å². The minimum absolute atomic E-state index is 0.690. The molecule has 4 rings (SSSR count). The van der Waals surface area contributed by atoms with Gasteiger partial charge in [0, 0.05) is 19.2 Å². The van der Waals surface area contributed by atoms with Crippen LogP contribution in [-0.4, -0.2) is 0 Å². The second kappa shape index (κ2) is 8.80. The van der Waals surface area contributed by atoms with Crippen molar-refractivity contribution in [1.82, 2.24) is 0 Å². The van der Waals surface area contributed by atoms with Crippen molar-refractivity contribution in [3.8, 4) is 16.5 Å². The molecule has 28 heavy (non-hydrogen) atoms. The van der Waals surface area contributed by atoms with E-state index in [9.17, 15) is 0 Å². The molecule has 3 aromatic rings. The summed E-state index contributed by atoms with van der Waals surface area (Å²) < 4.78 is 2.84. The first kappa shape index (κ1) is 19.7. The summed E-state index contributed by atoms with van der Waals surface area (Å²) in [6.45, 7) is 4.76. The molecule has 1 aromatic carbocycles. The van der Waals surface area contributed by atoms with Gasteiger partial charge in [-0.3, -0.25) is 0 Å². The highest BCUT2D eigenvalue weighted by molar-refractivity contribution is 7.29. The second-order valence-corrected chi connectivity index (χ2v) is 10.6. The molecular weight excluding hydrogens is 378 g/mol. The lowest BCUT2D eigenvalue weighted by molar-refractivity contribution is 0.238. The summed E-state index contributed by atoms with van der Waals surface area (Å²) >= 11 is 3.88. The van der Waals surface area contributed by atoms with E-state index in [1.807, 2.05) is 34.8 Å². The summed E-state index contributed by atoms with van der Waals surface area (Å²) in [6.07, 6.45) is 9.91. The zero-order valence-electron chi connectivity index (χ0n) is 16.9. The standard InChI is InChI=1S/C25H29NS2/c1-3-4-5-18-6-10-20(11-7-18)17(2)22-14-24-25(27-22)15-23(28-24)21-12-8-19(16-26)9-13-21/h8-9,12-15,17-18,20H,3-7,10-11H2,1-2H3. The summed E-state index contributed by atoms with van der Waals surface area (Å²) in [6, 6.07) is 14.9. The Morgan fingerprint density at radius 3 is 2.39 bits per heavy atom. The molecule has 0 radical (unpaired) electrons. The Labute approximate surface area is 177 Å². The monoisotopic (exact) mass is 407 g/mol. The van der Waals surface area contributed by atoms with Gasteiger partial charge in [-0.25, -0.2) is 0 Å². The van der Waals surface area contributed by atoms with Crippen molar-refractivity contribution in [2.45, 2.75) is 64.7 Å². The number of unbranched alkanes of at least 4 members (excludes halogenated alkanes) is 1. The molecule has 1 saturated carbocycles. The molecule has 0 bridgehead atoms. The molecule has 0 amide bonds. The largest absolute Gasteiger partial charge is 0.192 e. The van der Waals surface area contributed by atoms with Crippen LogP contribution >= 0.6 is 22.7 Å². The third kappa shape index (κ3) is 4.19. The van der Waals surface area contributed by atoms with Crippen LogP contribution < -0.4 is 0 Å². The average Bonchev–Trinajstić information content (AvgIpc) is 3.31. The van der Waals surface area contributed by atoms with E-state index in [2.05, 4.69) is 44.2 Å². The molecule has 2 aromatic heterocycles. The normalized spacial score (nSPS) is 20.9. The van der Waals surface area contributed by atoms with Crippen molar-refractivity contribution < 1.29 is 0 Å². The van der Waals surface area contributed by atoms with Crippen LogP contribution in [0.5, 0.6) is 0 Å². The summed E-state index contributed by atoms with van der Waals surface area (Å²) in [5, 5.41) is 8.98. The number of hydrogen-bond donors (Lipinski definition) is 0. The number of nitrogens with zero attached hydrogens (tertiary/aromatic N) is 1. The van der Waals surface area contributed by atoms with Crippen LogP contribution in [0.4, 0.5) is 0 Å². The summed E-state index contributed by atoms with van der Waals surface area (Å²) in [5.74, 6) is 2.55. The highest BCUT2D eigenvalue weighted by atomic mass is 32.1. The Morgan fingerprint density at radius 1 is 1.04 bits per heavy atom. The predicted molar refractivity (Wildman–Crippen MR) is 123 cm³/mol. The lowest BCUT2D eigenvalue weighted by Gasteiger charge is -2.32. The fraction of sp³-hybridized carbons (Fsp3) is 0.480. The van der Waals surface area contributed by atoms with Gasteiger partial charge in [0.25, 0.3) is 0 Å². The molecule has 0 N–H and O–H groups in total. The number of thiophene rings is 2. The minimum Gasteiger partial charge on any atom is -0.192 e. The third-order valence-electron chi connectivity index (χ3n) is 6.54. The van der Waals surface area contributed by atoms with Crippen LogP contribution in [0, 0.1) is 23.2 Å². The second-order valence-electron chi connectivity index (χ2n) is 8.39. The first-order valence-corrected chi connectivity index (χ1v) is 12.3. The molecule has 1 nitrogen and oxygen atoms in total. The fourth-order valence-corrected chi connectivity index (χ4v) is 7.19. The average molecular weight is 408 g/mol. The van der Waals surface area contributed by atoms with Gasteiger partial charge >= 0.3 is 0 Å². The van der Waals surface area contributed by atoms with Gasteiger partial charge in [-0.05, 0) is 60.4 Å². The Morgan fingerprint density at radius 2 is 1.75 bits per heavy atom. The van der Waals surface area contributed by atoms with Gasteiger partial charge in [0.05, 0.1) is 11.6 Å². The molecule has 0 aliphatic heterocycles. The SMILES string of the molecule is CCCCC1CCC(C(C)c2cc3sc(-c4ccc(C#N)cc4)cc3s2)CC1. The van der Waals surface area contributed by atoms with Crippen molar-refractivity contribution in [3.63, 3.8) is 0 Å². The van der Waals surface area contributed by atoms with Gasteiger partial charge in [-0.15, -0.1) is 22.7 Å². The van der Waals surface area contributed by atoms with Crippen molar-refractivity contribution >= 4 is 32.1 Å². The number of benzene rings is 1. The highest BCUT2D eigenvalue weighted by Crippen LogP contribution is 2.45. The molecule has 3 heteroatoms. The minimum atomic E-state index is 0.690. The molecule has 1 fully saturated rings. The first-order chi connectivity index (χ1) is 13.7. The van der Waals surface area contributed by atoms with E-state index in [1.54, 1.807) is 4.88 Å². The van der Waals surface area contributed by atoms with E-state index in [1.165, 1.54) is 64.8 Å². The van der Waals surface area contributed by atoms with E-state index in [4.69, 9.17) is 5.26 Å². The van der Waals surface area contributed by atoms with Crippen molar-refractivity contribution in [2.24, 2.45) is 11.8 Å². The predicted octanol–water partition coefficient (Wildman–Crippen LogP) is 8.60. The van der Waals surface area contributed by atoms with Gasteiger partial charge in [0.15, 0.2) is 0 Å². The van der Waals surface area contributed by atoms with Gasteiger partial charge in [-0.2, -0.15) is 5.26 Å². The number of fused-ring (bicyclic) bond motifs is 1. The molecule has 1 unspecified atom stereocenters. The van der Waals surface area contributed by atoms with Crippen molar-refractivity contribution in [2.75, 3.05) is 0 Å². The van der Waals surface area contributed by atoms with Gasteiger partial charge in [-0.1, -0.05) is 58.1 Å². The highest BCUT2D eigenvalue weighted by Gasteiger charge is 2.27. The molecular formula is C25H29NS2. The van der Waals surface area contributed by atoms with Gasteiger partial charge < -0.3 is 0 Å². The van der Waals surface area contributed by atoms with E-state index in [0.29, 0.717) is 5.92 Å². The maximum absolute atomic E-state index is 8.98. The van der Waals surface area contributed by atoms with Crippen LogP contribution in [0.25, 0.3) is 19.8 Å². The van der Waals surface area contributed by atoms with Crippen LogP contribution in [0.3, 0.4) is 0 Å². The van der Waals surface area contributed by atoms with Gasteiger partial charge in [0.2, 0.25) is 0 Å². The van der Waals surface area contributed by atoms with Crippen LogP contribution in [0.15, 0.2) is 36.4 Å². The topological polar surface area (TPSA) is 23.8 Å². The fourth-order valence-electron chi connectivity index (χ4n) is 4.63. The van der Waals surface area contributed by atoms with E-state index < -0.39 is 0 Å². The Bertz CT molecular complexity index is 917.